The van der Waals surface area contributed by atoms with Gasteiger partial charge in [0, 0.05) is 0 Å². The van der Waals surface area contributed by atoms with Gasteiger partial charge in [0.15, 0.2) is 5.82 Å². The van der Waals surface area contributed by atoms with Crippen molar-refractivity contribution in [3.8, 4) is 17.4 Å². The van der Waals surface area contributed by atoms with Gasteiger partial charge >= 0.3 is 6.18 Å². The van der Waals surface area contributed by atoms with Crippen LogP contribution in [0.1, 0.15) is 23.3 Å². The Morgan fingerprint density at radius 1 is 1.31 bits per heavy atom. The third-order valence-corrected chi connectivity index (χ3v) is 3.94. The van der Waals surface area contributed by atoms with Crippen molar-refractivity contribution in [1.29, 1.82) is 0 Å². The monoisotopic (exact) mass is 410 g/mol. The van der Waals surface area contributed by atoms with Crippen LogP contribution in [0.15, 0.2) is 36.8 Å². The molecule has 152 valence electrons. The second-order valence-corrected chi connectivity index (χ2v) is 5.85. The lowest BCUT2D eigenvalue weighted by Crippen LogP contribution is -2.24. The number of nitrogens with one attached hydrogen (secondary N) is 1. The molecule has 3 rings (SSSR count). The number of alkyl halides is 3. The summed E-state index contributed by atoms with van der Waals surface area (Å²) in [5.74, 6) is -1.72. The smallest absolute Gasteiger partial charge is 0.408 e. The van der Waals surface area contributed by atoms with Crippen molar-refractivity contribution in [3.05, 3.63) is 48.2 Å². The molecule has 1 amide bonds. The van der Waals surface area contributed by atoms with Crippen LogP contribution in [0, 0.1) is 5.82 Å². The van der Waals surface area contributed by atoms with Crippen LogP contribution in [0.5, 0.6) is 5.88 Å². The molecule has 0 radical (unpaired) electrons. The Balaban J connectivity index is 1.90. The highest BCUT2D eigenvalue weighted by Gasteiger charge is 2.38. The van der Waals surface area contributed by atoms with Crippen molar-refractivity contribution in [2.24, 2.45) is 0 Å². The van der Waals surface area contributed by atoms with E-state index in [1.807, 2.05) is 0 Å². The van der Waals surface area contributed by atoms with Crippen LogP contribution in [0.2, 0.25) is 0 Å². The number of methoxy groups -OCH3 is 1. The molecular formula is C17H14F4N6O2. The van der Waals surface area contributed by atoms with Crippen molar-refractivity contribution >= 4 is 11.7 Å². The van der Waals surface area contributed by atoms with Gasteiger partial charge in [-0.25, -0.2) is 14.4 Å². The van der Waals surface area contributed by atoms with Gasteiger partial charge in [-0.1, -0.05) is 6.07 Å². The maximum absolute atomic E-state index is 13.4. The van der Waals surface area contributed by atoms with Gasteiger partial charge in [0.05, 0.1) is 13.3 Å². The van der Waals surface area contributed by atoms with Gasteiger partial charge in [-0.15, -0.1) is 10.2 Å². The Kier molecular flexibility index (Phi) is 5.43. The first-order valence-electron chi connectivity index (χ1n) is 8.15. The number of halogens is 4. The molecule has 12 heteroatoms. The molecule has 0 spiro atoms. The zero-order valence-corrected chi connectivity index (χ0v) is 15.1. The fourth-order valence-electron chi connectivity index (χ4n) is 2.43. The first-order valence-corrected chi connectivity index (χ1v) is 8.15. The lowest BCUT2D eigenvalue weighted by atomic mass is 10.2. The summed E-state index contributed by atoms with van der Waals surface area (Å²) in [6, 6.07) is 3.36. The molecule has 8 nitrogen and oxygen atoms in total. The predicted octanol–water partition coefficient (Wildman–Crippen LogP) is 3.26. The van der Waals surface area contributed by atoms with E-state index in [4.69, 9.17) is 4.74 Å². The number of hydrogen-bond acceptors (Lipinski definition) is 6. The molecule has 0 aromatic carbocycles. The first kappa shape index (κ1) is 20.2. The molecule has 0 aliphatic carbocycles. The summed E-state index contributed by atoms with van der Waals surface area (Å²) >= 11 is 0. The van der Waals surface area contributed by atoms with Crippen molar-refractivity contribution in [2.45, 2.75) is 19.1 Å². The molecule has 3 heterocycles. The van der Waals surface area contributed by atoms with E-state index in [1.165, 1.54) is 25.3 Å². The van der Waals surface area contributed by atoms with Gasteiger partial charge in [-0.2, -0.15) is 13.2 Å². The third-order valence-electron chi connectivity index (χ3n) is 3.94. The standard InChI is InChI=1S/C17H14F4N6O2/c1-9(17(19,20)21)27-8-23-26-14(27)12-4-3-5-13(24-12)25-15(28)11-6-10(18)7-22-16(11)29-2/h3-9H,1-2H3,(H,24,25,28)/t9-/m0/s1. The van der Waals surface area contributed by atoms with Crippen molar-refractivity contribution in [1.82, 2.24) is 24.7 Å². The SMILES string of the molecule is COc1ncc(F)cc1C(=O)Nc1cccc(-c2nncn2[C@@H](C)C(F)(F)F)n1. The number of amides is 1. The highest BCUT2D eigenvalue weighted by atomic mass is 19.4. The van der Waals surface area contributed by atoms with Gasteiger partial charge in [-0.05, 0) is 25.1 Å². The average molecular weight is 410 g/mol. The molecule has 0 fully saturated rings. The van der Waals surface area contributed by atoms with E-state index >= 15 is 0 Å². The Morgan fingerprint density at radius 2 is 2.07 bits per heavy atom. The second-order valence-electron chi connectivity index (χ2n) is 5.85. The molecule has 0 saturated carbocycles. The van der Waals surface area contributed by atoms with Crippen molar-refractivity contribution < 1.29 is 27.1 Å². The number of pyridine rings is 2. The minimum atomic E-state index is -4.51. The predicted molar refractivity (Wildman–Crippen MR) is 92.7 cm³/mol. The minimum Gasteiger partial charge on any atom is -0.480 e. The number of aromatic nitrogens is 5. The molecular weight excluding hydrogens is 396 g/mol. The Bertz CT molecular complexity index is 1040. The number of carbonyl (C=O) groups excluding carboxylic acids is 1. The normalized spacial score (nSPS) is 12.5. The summed E-state index contributed by atoms with van der Waals surface area (Å²) in [7, 11) is 1.27. The van der Waals surface area contributed by atoms with Crippen LogP contribution in [0.4, 0.5) is 23.4 Å². The van der Waals surface area contributed by atoms with E-state index in [-0.39, 0.29) is 28.8 Å². The van der Waals surface area contributed by atoms with Crippen molar-refractivity contribution in [2.75, 3.05) is 12.4 Å². The number of hydrogen-bond donors (Lipinski definition) is 1. The molecule has 0 unspecified atom stereocenters. The van der Waals surface area contributed by atoms with E-state index in [0.717, 1.165) is 30.1 Å². The van der Waals surface area contributed by atoms with E-state index in [0.29, 0.717) is 0 Å². The molecule has 1 atom stereocenters. The molecule has 3 aromatic heterocycles. The zero-order valence-electron chi connectivity index (χ0n) is 15.1. The average Bonchev–Trinajstić information content (AvgIpc) is 3.16. The van der Waals surface area contributed by atoms with Crippen LogP contribution in [-0.4, -0.2) is 43.9 Å². The van der Waals surface area contributed by atoms with E-state index in [9.17, 15) is 22.4 Å². The Hall–Kier alpha value is -3.57. The molecule has 0 bridgehead atoms. The molecule has 0 saturated heterocycles. The molecule has 0 aliphatic rings. The summed E-state index contributed by atoms with van der Waals surface area (Å²) in [6.45, 7) is 0.960. The summed E-state index contributed by atoms with van der Waals surface area (Å²) in [5, 5.41) is 9.64. The minimum absolute atomic E-state index is 0.00743. The van der Waals surface area contributed by atoms with Gasteiger partial charge in [0.1, 0.15) is 35.3 Å². The number of rotatable bonds is 5. The molecule has 0 aliphatic heterocycles. The lowest BCUT2D eigenvalue weighted by Gasteiger charge is -2.18. The lowest BCUT2D eigenvalue weighted by molar-refractivity contribution is -0.162. The topological polar surface area (TPSA) is 94.8 Å². The number of nitrogens with zero attached hydrogens (tertiary/aromatic N) is 5. The van der Waals surface area contributed by atoms with Gasteiger partial charge in [-0.3, -0.25) is 4.79 Å². The number of carbonyl (C=O) groups is 1. The number of anilines is 1. The van der Waals surface area contributed by atoms with Gasteiger partial charge < -0.3 is 14.6 Å². The maximum atomic E-state index is 13.4. The fraction of sp³-hybridized carbons (Fsp3) is 0.235. The van der Waals surface area contributed by atoms with Crippen molar-refractivity contribution in [3.63, 3.8) is 0 Å². The molecule has 1 N–H and O–H groups in total. The summed E-state index contributed by atoms with van der Waals surface area (Å²) in [5.41, 5.74) is -0.116. The van der Waals surface area contributed by atoms with Gasteiger partial charge in [0.25, 0.3) is 5.91 Å². The van der Waals surface area contributed by atoms with Crippen LogP contribution in [0.25, 0.3) is 11.5 Å². The van der Waals surface area contributed by atoms with E-state index < -0.39 is 23.9 Å². The molecule has 29 heavy (non-hydrogen) atoms. The summed E-state index contributed by atoms with van der Waals surface area (Å²) in [6.07, 6.45) is -2.67. The third kappa shape index (κ3) is 4.31. The Morgan fingerprint density at radius 3 is 2.76 bits per heavy atom. The van der Waals surface area contributed by atoms with Crippen LogP contribution in [-0.2, 0) is 0 Å². The zero-order chi connectivity index (χ0) is 21.2. The highest BCUT2D eigenvalue weighted by Crippen LogP contribution is 2.32. The second kappa shape index (κ2) is 7.81. The van der Waals surface area contributed by atoms with Crippen LogP contribution < -0.4 is 10.1 Å². The highest BCUT2D eigenvalue weighted by molar-refractivity contribution is 6.05. The number of ether oxygens (including phenoxy) is 1. The van der Waals surface area contributed by atoms with Crippen LogP contribution in [0.3, 0.4) is 0 Å². The molecule has 3 aromatic rings. The van der Waals surface area contributed by atoms with E-state index in [1.54, 1.807) is 0 Å². The summed E-state index contributed by atoms with van der Waals surface area (Å²) in [4.78, 5) is 20.2. The van der Waals surface area contributed by atoms with Gasteiger partial charge in [0.2, 0.25) is 5.88 Å². The Labute approximate surface area is 161 Å². The maximum Gasteiger partial charge on any atom is 0.408 e. The summed E-state index contributed by atoms with van der Waals surface area (Å²) < 4.78 is 58.3. The fourth-order valence-corrected chi connectivity index (χ4v) is 2.43. The van der Waals surface area contributed by atoms with Crippen LogP contribution >= 0.6 is 0 Å². The largest absolute Gasteiger partial charge is 0.480 e. The first-order chi connectivity index (χ1) is 13.7. The van der Waals surface area contributed by atoms with E-state index in [2.05, 4.69) is 25.5 Å². The quantitative estimate of drug-likeness (QED) is 0.649.